The Bertz CT molecular complexity index is 203. The van der Waals surface area contributed by atoms with Gasteiger partial charge >= 0.3 is 0 Å². The molecular formula is C10H17NO2. The van der Waals surface area contributed by atoms with E-state index in [4.69, 9.17) is 6.42 Å². The normalized spacial score (nSPS) is 7.62. The van der Waals surface area contributed by atoms with Gasteiger partial charge in [0.1, 0.15) is 0 Å². The molecule has 13 heavy (non-hydrogen) atoms. The van der Waals surface area contributed by atoms with Gasteiger partial charge in [-0.15, -0.1) is 6.42 Å². The predicted octanol–water partition coefficient (Wildman–Crippen LogP) is 1.43. The molecule has 0 unspecified atom stereocenters. The summed E-state index contributed by atoms with van der Waals surface area (Å²) in [5.41, 5.74) is 0. The molecule has 2 amide bonds. The van der Waals surface area contributed by atoms with E-state index in [2.05, 4.69) is 5.92 Å². The van der Waals surface area contributed by atoms with Crippen molar-refractivity contribution in [1.82, 2.24) is 4.90 Å². The topological polar surface area (TPSA) is 37.4 Å². The van der Waals surface area contributed by atoms with Crippen LogP contribution in [0.15, 0.2) is 0 Å². The van der Waals surface area contributed by atoms with Gasteiger partial charge < -0.3 is 0 Å². The van der Waals surface area contributed by atoms with Gasteiger partial charge in [-0.2, -0.15) is 0 Å². The molecule has 0 saturated heterocycles. The molecule has 0 aliphatic heterocycles. The average molecular weight is 183 g/mol. The highest BCUT2D eigenvalue weighted by Gasteiger charge is 2.13. The van der Waals surface area contributed by atoms with Crippen molar-refractivity contribution in [2.45, 2.75) is 34.1 Å². The van der Waals surface area contributed by atoms with Crippen LogP contribution in [-0.2, 0) is 9.59 Å². The van der Waals surface area contributed by atoms with Gasteiger partial charge in [0.25, 0.3) is 0 Å². The first-order valence-corrected chi connectivity index (χ1v) is 4.37. The SMILES string of the molecule is C#CCN(C(C)=O)C(=O)CC.CC. The fourth-order valence-corrected chi connectivity index (χ4v) is 0.657. The van der Waals surface area contributed by atoms with Crippen LogP contribution in [0.4, 0.5) is 0 Å². The molecule has 0 aromatic heterocycles. The van der Waals surface area contributed by atoms with Gasteiger partial charge in [-0.1, -0.05) is 26.7 Å². The summed E-state index contributed by atoms with van der Waals surface area (Å²) in [4.78, 5) is 22.8. The molecule has 0 aliphatic rings. The first kappa shape index (κ1) is 14.2. The van der Waals surface area contributed by atoms with Crippen LogP contribution < -0.4 is 0 Å². The lowest BCUT2D eigenvalue weighted by molar-refractivity contribution is -0.142. The zero-order valence-corrected chi connectivity index (χ0v) is 8.76. The van der Waals surface area contributed by atoms with Crippen LogP contribution in [0, 0.1) is 12.3 Å². The number of hydrogen-bond donors (Lipinski definition) is 0. The number of imide groups is 1. The van der Waals surface area contributed by atoms with E-state index in [9.17, 15) is 9.59 Å². The van der Waals surface area contributed by atoms with Crippen molar-refractivity contribution in [3.05, 3.63) is 0 Å². The van der Waals surface area contributed by atoms with E-state index in [1.165, 1.54) is 6.92 Å². The molecule has 0 atom stereocenters. The molecule has 3 heteroatoms. The third-order valence-corrected chi connectivity index (χ3v) is 1.23. The molecular weight excluding hydrogens is 166 g/mol. The van der Waals surface area contributed by atoms with Gasteiger partial charge in [-0.3, -0.25) is 14.5 Å². The molecule has 0 aromatic rings. The van der Waals surface area contributed by atoms with Crippen molar-refractivity contribution in [2.75, 3.05) is 6.54 Å². The Morgan fingerprint density at radius 1 is 1.38 bits per heavy atom. The number of terminal acetylenes is 1. The van der Waals surface area contributed by atoms with Crippen LogP contribution in [0.5, 0.6) is 0 Å². The molecule has 0 aromatic carbocycles. The fraction of sp³-hybridized carbons (Fsp3) is 0.600. The molecule has 0 fully saturated rings. The van der Waals surface area contributed by atoms with E-state index in [-0.39, 0.29) is 18.4 Å². The summed E-state index contributed by atoms with van der Waals surface area (Å²) in [6.07, 6.45) is 5.27. The van der Waals surface area contributed by atoms with Crippen LogP contribution in [0.2, 0.25) is 0 Å². The zero-order chi connectivity index (χ0) is 10.9. The fourth-order valence-electron chi connectivity index (χ4n) is 0.657. The smallest absolute Gasteiger partial charge is 0.229 e. The molecule has 0 saturated carbocycles. The van der Waals surface area contributed by atoms with Crippen LogP contribution in [-0.4, -0.2) is 23.3 Å². The van der Waals surface area contributed by atoms with Crippen LogP contribution in [0.25, 0.3) is 0 Å². The van der Waals surface area contributed by atoms with Crippen LogP contribution >= 0.6 is 0 Å². The van der Waals surface area contributed by atoms with E-state index < -0.39 is 0 Å². The summed E-state index contributed by atoms with van der Waals surface area (Å²) in [6, 6.07) is 0. The van der Waals surface area contributed by atoms with Gasteiger partial charge in [0.05, 0.1) is 6.54 Å². The predicted molar refractivity (Wildman–Crippen MR) is 52.9 cm³/mol. The maximum Gasteiger partial charge on any atom is 0.229 e. The van der Waals surface area contributed by atoms with Crippen molar-refractivity contribution in [3.63, 3.8) is 0 Å². The molecule has 0 spiro atoms. The van der Waals surface area contributed by atoms with Crippen molar-refractivity contribution in [2.24, 2.45) is 0 Å². The molecule has 0 radical (unpaired) electrons. The quantitative estimate of drug-likeness (QED) is 0.607. The lowest BCUT2D eigenvalue weighted by Gasteiger charge is -2.14. The molecule has 0 N–H and O–H groups in total. The van der Waals surface area contributed by atoms with Crippen molar-refractivity contribution in [3.8, 4) is 12.3 Å². The summed E-state index contributed by atoms with van der Waals surface area (Å²) >= 11 is 0. The third-order valence-electron chi connectivity index (χ3n) is 1.23. The largest absolute Gasteiger partial charge is 0.275 e. The number of carbonyl (C=O) groups is 2. The minimum atomic E-state index is -0.296. The first-order chi connectivity index (χ1) is 6.13. The summed E-state index contributed by atoms with van der Waals surface area (Å²) in [6.45, 7) is 7.09. The number of rotatable bonds is 2. The molecule has 0 heterocycles. The number of carbonyl (C=O) groups excluding carboxylic acids is 2. The van der Waals surface area contributed by atoms with E-state index >= 15 is 0 Å². The monoisotopic (exact) mass is 183 g/mol. The van der Waals surface area contributed by atoms with E-state index in [0.29, 0.717) is 6.42 Å². The van der Waals surface area contributed by atoms with Gasteiger partial charge in [-0.05, 0) is 0 Å². The zero-order valence-electron chi connectivity index (χ0n) is 8.76. The lowest BCUT2D eigenvalue weighted by Crippen LogP contribution is -2.34. The highest BCUT2D eigenvalue weighted by Crippen LogP contribution is 1.93. The minimum Gasteiger partial charge on any atom is -0.275 e. The highest BCUT2D eigenvalue weighted by molar-refractivity contribution is 5.94. The van der Waals surface area contributed by atoms with E-state index in [1.807, 2.05) is 13.8 Å². The van der Waals surface area contributed by atoms with Crippen LogP contribution in [0.3, 0.4) is 0 Å². The van der Waals surface area contributed by atoms with Gasteiger partial charge in [-0.25, -0.2) is 0 Å². The van der Waals surface area contributed by atoms with Gasteiger partial charge in [0.2, 0.25) is 11.8 Å². The summed E-state index contributed by atoms with van der Waals surface area (Å²) in [5.74, 6) is 1.73. The number of hydrogen-bond acceptors (Lipinski definition) is 2. The molecule has 0 aliphatic carbocycles. The van der Waals surface area contributed by atoms with E-state index in [1.54, 1.807) is 6.92 Å². The molecule has 0 rings (SSSR count). The Labute approximate surface area is 80.1 Å². The van der Waals surface area contributed by atoms with Crippen molar-refractivity contribution < 1.29 is 9.59 Å². The number of nitrogens with zero attached hydrogens (tertiary/aromatic N) is 1. The van der Waals surface area contributed by atoms with Gasteiger partial charge in [0.15, 0.2) is 0 Å². The maximum absolute atomic E-state index is 11.0. The Morgan fingerprint density at radius 3 is 2.08 bits per heavy atom. The number of amides is 2. The molecule has 0 bridgehead atoms. The molecule has 3 nitrogen and oxygen atoms in total. The van der Waals surface area contributed by atoms with E-state index in [0.717, 1.165) is 4.90 Å². The Balaban J connectivity index is 0. The Morgan fingerprint density at radius 2 is 1.85 bits per heavy atom. The maximum atomic E-state index is 11.0. The standard InChI is InChI=1S/C8H11NO2.C2H6/c1-4-6-9(7(3)10)8(11)5-2;1-2/h1H,5-6H2,2-3H3;1-2H3. The first-order valence-electron chi connectivity index (χ1n) is 4.37. The second kappa shape index (κ2) is 8.79. The minimum absolute atomic E-state index is 0.0714. The average Bonchev–Trinajstić information content (AvgIpc) is 2.15. The second-order valence-electron chi connectivity index (χ2n) is 2.06. The highest BCUT2D eigenvalue weighted by atomic mass is 16.2. The lowest BCUT2D eigenvalue weighted by atomic mass is 10.4. The van der Waals surface area contributed by atoms with Crippen molar-refractivity contribution in [1.29, 1.82) is 0 Å². The Kier molecular flexibility index (Phi) is 9.63. The second-order valence-corrected chi connectivity index (χ2v) is 2.06. The third kappa shape index (κ3) is 5.92. The van der Waals surface area contributed by atoms with Crippen LogP contribution in [0.1, 0.15) is 34.1 Å². The van der Waals surface area contributed by atoms with Gasteiger partial charge in [0, 0.05) is 13.3 Å². The Hall–Kier alpha value is -1.30. The summed E-state index contributed by atoms with van der Waals surface area (Å²) in [7, 11) is 0. The summed E-state index contributed by atoms with van der Waals surface area (Å²) in [5, 5.41) is 0. The van der Waals surface area contributed by atoms with Crippen molar-refractivity contribution >= 4 is 11.8 Å². The summed E-state index contributed by atoms with van der Waals surface area (Å²) < 4.78 is 0. The molecule has 74 valence electrons.